The van der Waals surface area contributed by atoms with Gasteiger partial charge in [-0.05, 0) is 106 Å². The van der Waals surface area contributed by atoms with Gasteiger partial charge in [-0.1, -0.05) is 133 Å². The molecule has 53 heavy (non-hydrogen) atoms. The lowest BCUT2D eigenvalue weighted by Crippen LogP contribution is -2.09. The van der Waals surface area contributed by atoms with E-state index in [0.717, 1.165) is 66.8 Å². The second kappa shape index (κ2) is 12.9. The second-order valence-electron chi connectivity index (χ2n) is 13.4. The zero-order valence-corrected chi connectivity index (χ0v) is 28.9. The Hall–Kier alpha value is -7.10. The average Bonchev–Trinajstić information content (AvgIpc) is 3.77. The first kappa shape index (κ1) is 30.7. The molecule has 0 amide bonds. The number of fused-ring (bicyclic) bond motifs is 5. The number of rotatable bonds is 7. The van der Waals surface area contributed by atoms with E-state index in [1.807, 2.05) is 12.1 Å². The maximum atomic E-state index is 6.38. The van der Waals surface area contributed by atoms with Gasteiger partial charge in [-0.3, -0.25) is 0 Å². The molecule has 250 valence electrons. The van der Waals surface area contributed by atoms with Crippen molar-refractivity contribution in [2.75, 3.05) is 4.90 Å². The van der Waals surface area contributed by atoms with Crippen LogP contribution in [0.15, 0.2) is 211 Å². The number of para-hydroxylation sites is 2. The summed E-state index contributed by atoms with van der Waals surface area (Å²) >= 11 is 0. The SMILES string of the molecule is c1ccc(-c2ccc(N(c3ccc(-c4ccccc4)cc3)c3ccc(-c4ccc(-n5c6ccccc6c6oc7ccccc7c65)cc4)cc3)cc2)cc1. The van der Waals surface area contributed by atoms with Gasteiger partial charge in [0, 0.05) is 33.5 Å². The van der Waals surface area contributed by atoms with Crippen LogP contribution >= 0.6 is 0 Å². The van der Waals surface area contributed by atoms with Crippen LogP contribution in [0.3, 0.4) is 0 Å². The first-order chi connectivity index (χ1) is 26.3. The largest absolute Gasteiger partial charge is 0.454 e. The molecule has 0 fully saturated rings. The van der Waals surface area contributed by atoms with Gasteiger partial charge in [0.15, 0.2) is 5.58 Å². The van der Waals surface area contributed by atoms with E-state index in [2.05, 4.69) is 204 Å². The van der Waals surface area contributed by atoms with Crippen molar-refractivity contribution < 1.29 is 4.42 Å². The van der Waals surface area contributed by atoms with Gasteiger partial charge in [0.2, 0.25) is 0 Å². The van der Waals surface area contributed by atoms with Crippen molar-refractivity contribution in [1.82, 2.24) is 4.57 Å². The number of aromatic nitrogens is 1. The van der Waals surface area contributed by atoms with E-state index in [1.54, 1.807) is 0 Å². The molecule has 0 aliphatic heterocycles. The predicted molar refractivity (Wildman–Crippen MR) is 222 cm³/mol. The van der Waals surface area contributed by atoms with Crippen LogP contribution in [0.25, 0.3) is 72.0 Å². The van der Waals surface area contributed by atoms with E-state index in [4.69, 9.17) is 4.42 Å². The molecule has 2 aromatic heterocycles. The van der Waals surface area contributed by atoms with Gasteiger partial charge < -0.3 is 13.9 Å². The molecule has 10 aromatic rings. The molecule has 0 N–H and O–H groups in total. The minimum absolute atomic E-state index is 0.905. The molecule has 0 unspecified atom stereocenters. The molecule has 0 atom stereocenters. The van der Waals surface area contributed by atoms with Crippen molar-refractivity contribution in [3.8, 4) is 39.1 Å². The standard InChI is InChI=1S/C50H34N2O/c1-3-11-35(12-4-1)37-19-27-41(28-20-37)51(42-29-21-38(22-30-42)36-13-5-2-6-14-36)43-31-23-39(24-32-43)40-25-33-44(34-26-40)52-47-17-9-7-15-45(47)50-49(52)46-16-8-10-18-48(46)53-50/h1-34H. The monoisotopic (exact) mass is 678 g/mol. The predicted octanol–water partition coefficient (Wildman–Crippen LogP) is 14.0. The molecule has 0 aliphatic rings. The van der Waals surface area contributed by atoms with Gasteiger partial charge in [0.05, 0.1) is 5.52 Å². The van der Waals surface area contributed by atoms with Crippen molar-refractivity contribution in [3.05, 3.63) is 206 Å². The molecule has 10 rings (SSSR count). The van der Waals surface area contributed by atoms with E-state index in [1.165, 1.54) is 22.3 Å². The highest BCUT2D eigenvalue weighted by atomic mass is 16.3. The molecule has 0 saturated heterocycles. The van der Waals surface area contributed by atoms with Crippen LogP contribution in [0.5, 0.6) is 0 Å². The summed E-state index contributed by atoms with van der Waals surface area (Å²) in [7, 11) is 0. The fourth-order valence-corrected chi connectivity index (χ4v) is 7.61. The van der Waals surface area contributed by atoms with Gasteiger partial charge in [-0.25, -0.2) is 0 Å². The maximum Gasteiger partial charge on any atom is 0.161 e. The van der Waals surface area contributed by atoms with Crippen LogP contribution in [-0.2, 0) is 0 Å². The smallest absolute Gasteiger partial charge is 0.161 e. The summed E-state index contributed by atoms with van der Waals surface area (Å²) in [4.78, 5) is 2.33. The highest BCUT2D eigenvalue weighted by molar-refractivity contribution is 6.16. The Balaban J connectivity index is 1.00. The average molecular weight is 679 g/mol. The number of benzene rings is 8. The molecule has 3 nitrogen and oxygen atoms in total. The van der Waals surface area contributed by atoms with Crippen molar-refractivity contribution in [1.29, 1.82) is 0 Å². The number of furan rings is 1. The molecule has 8 aromatic carbocycles. The Labute approximate surface area is 308 Å². The first-order valence-electron chi connectivity index (χ1n) is 18.0. The molecule has 3 heteroatoms. The Morgan fingerprint density at radius 1 is 0.340 bits per heavy atom. The molecule has 0 bridgehead atoms. The Kier molecular flexibility index (Phi) is 7.47. The van der Waals surface area contributed by atoms with E-state index < -0.39 is 0 Å². The summed E-state index contributed by atoms with van der Waals surface area (Å²) in [5.41, 5.74) is 15.6. The van der Waals surface area contributed by atoms with Crippen LogP contribution in [0.2, 0.25) is 0 Å². The summed E-state index contributed by atoms with van der Waals surface area (Å²) in [6.07, 6.45) is 0. The molecular formula is C50H34N2O. The zero-order valence-electron chi connectivity index (χ0n) is 28.9. The lowest BCUT2D eigenvalue weighted by atomic mass is 10.0. The number of hydrogen-bond donors (Lipinski definition) is 0. The van der Waals surface area contributed by atoms with Crippen molar-refractivity contribution in [3.63, 3.8) is 0 Å². The first-order valence-corrected chi connectivity index (χ1v) is 18.0. The van der Waals surface area contributed by atoms with Crippen LogP contribution in [-0.4, -0.2) is 4.57 Å². The van der Waals surface area contributed by atoms with Crippen molar-refractivity contribution in [2.45, 2.75) is 0 Å². The zero-order chi connectivity index (χ0) is 35.1. The minimum Gasteiger partial charge on any atom is -0.454 e. The van der Waals surface area contributed by atoms with E-state index in [9.17, 15) is 0 Å². The van der Waals surface area contributed by atoms with Crippen molar-refractivity contribution >= 4 is 50.0 Å². The number of nitrogens with zero attached hydrogens (tertiary/aromatic N) is 2. The molecule has 0 radical (unpaired) electrons. The third kappa shape index (κ3) is 5.47. The highest BCUT2D eigenvalue weighted by Crippen LogP contribution is 2.40. The van der Waals surface area contributed by atoms with E-state index in [0.29, 0.717) is 0 Å². The fraction of sp³-hybridized carbons (Fsp3) is 0. The molecule has 2 heterocycles. The Bertz CT molecular complexity index is 2740. The Morgan fingerprint density at radius 3 is 1.25 bits per heavy atom. The maximum absolute atomic E-state index is 6.38. The van der Waals surface area contributed by atoms with Gasteiger partial charge in [-0.2, -0.15) is 0 Å². The second-order valence-corrected chi connectivity index (χ2v) is 13.4. The van der Waals surface area contributed by atoms with Gasteiger partial charge in [0.25, 0.3) is 0 Å². The van der Waals surface area contributed by atoms with Crippen LogP contribution in [0, 0.1) is 0 Å². The summed E-state index contributed by atoms with van der Waals surface area (Å²) in [5, 5.41) is 2.24. The normalized spacial score (nSPS) is 11.4. The number of hydrogen-bond acceptors (Lipinski definition) is 2. The van der Waals surface area contributed by atoms with Crippen LogP contribution in [0.4, 0.5) is 17.1 Å². The molecule has 0 saturated carbocycles. The quantitative estimate of drug-likeness (QED) is 0.167. The summed E-state index contributed by atoms with van der Waals surface area (Å²) in [6, 6.07) is 73.3. The highest BCUT2D eigenvalue weighted by Gasteiger charge is 2.19. The summed E-state index contributed by atoms with van der Waals surface area (Å²) in [6.45, 7) is 0. The fourth-order valence-electron chi connectivity index (χ4n) is 7.61. The third-order valence-corrected chi connectivity index (χ3v) is 10.2. The molecule has 0 spiro atoms. The summed E-state index contributed by atoms with van der Waals surface area (Å²) in [5.74, 6) is 0. The van der Waals surface area contributed by atoms with E-state index in [-0.39, 0.29) is 0 Å². The molecular weight excluding hydrogens is 645 g/mol. The van der Waals surface area contributed by atoms with Gasteiger partial charge in [0.1, 0.15) is 11.1 Å². The topological polar surface area (TPSA) is 21.3 Å². The van der Waals surface area contributed by atoms with E-state index >= 15 is 0 Å². The minimum atomic E-state index is 0.905. The van der Waals surface area contributed by atoms with Gasteiger partial charge in [-0.15, -0.1) is 0 Å². The van der Waals surface area contributed by atoms with Crippen LogP contribution < -0.4 is 4.90 Å². The number of anilines is 3. The van der Waals surface area contributed by atoms with Crippen molar-refractivity contribution in [2.24, 2.45) is 0 Å². The van der Waals surface area contributed by atoms with Crippen LogP contribution in [0.1, 0.15) is 0 Å². The lowest BCUT2D eigenvalue weighted by Gasteiger charge is -2.26. The third-order valence-electron chi connectivity index (χ3n) is 10.2. The Morgan fingerprint density at radius 2 is 0.736 bits per heavy atom. The molecule has 0 aliphatic carbocycles. The summed E-state index contributed by atoms with van der Waals surface area (Å²) < 4.78 is 8.71. The lowest BCUT2D eigenvalue weighted by molar-refractivity contribution is 0.673. The van der Waals surface area contributed by atoms with Gasteiger partial charge >= 0.3 is 0 Å².